The van der Waals surface area contributed by atoms with Crippen LogP contribution < -0.4 is 21.3 Å². The average molecular weight is 437 g/mol. The van der Waals surface area contributed by atoms with Gasteiger partial charge < -0.3 is 15.2 Å². The molecule has 3 heterocycles. The number of aromatic amines is 1. The van der Waals surface area contributed by atoms with Crippen LogP contribution in [0.15, 0.2) is 64.3 Å². The Kier molecular flexibility index (Phi) is 6.44. The number of amides is 1. The Bertz CT molecular complexity index is 1220. The molecule has 8 nitrogen and oxygen atoms in total. The van der Waals surface area contributed by atoms with Crippen LogP contribution in [0, 0.1) is 5.82 Å². The van der Waals surface area contributed by atoms with Gasteiger partial charge in [-0.15, -0.1) is 0 Å². The summed E-state index contributed by atoms with van der Waals surface area (Å²) in [6, 6.07) is 12.0. The second-order valence-electron chi connectivity index (χ2n) is 7.81. The number of benzene rings is 1. The van der Waals surface area contributed by atoms with E-state index < -0.39 is 0 Å². The molecule has 0 aliphatic carbocycles. The van der Waals surface area contributed by atoms with Crippen LogP contribution in [0.3, 0.4) is 0 Å². The molecule has 4 rings (SSSR count). The molecule has 1 atom stereocenters. The van der Waals surface area contributed by atoms with Crippen molar-refractivity contribution >= 4 is 11.7 Å². The minimum Gasteiger partial charge on any atom is -0.350 e. The molecule has 166 valence electrons. The fourth-order valence-electron chi connectivity index (χ4n) is 3.93. The van der Waals surface area contributed by atoms with Crippen LogP contribution in [0.4, 0.5) is 10.2 Å². The lowest BCUT2D eigenvalue weighted by Gasteiger charge is -2.36. The second kappa shape index (κ2) is 9.59. The number of rotatable bonds is 6. The lowest BCUT2D eigenvalue weighted by atomic mass is 10.0. The van der Waals surface area contributed by atoms with Gasteiger partial charge in [0.05, 0.1) is 6.54 Å². The predicted octanol–water partition coefficient (Wildman–Crippen LogP) is 1.91. The molecule has 1 aliphatic heterocycles. The van der Waals surface area contributed by atoms with Crippen LogP contribution >= 0.6 is 0 Å². The van der Waals surface area contributed by atoms with E-state index in [4.69, 9.17) is 0 Å². The quantitative estimate of drug-likeness (QED) is 0.614. The van der Waals surface area contributed by atoms with Crippen molar-refractivity contribution in [2.45, 2.75) is 31.8 Å². The van der Waals surface area contributed by atoms with Gasteiger partial charge in [-0.25, -0.2) is 9.07 Å². The van der Waals surface area contributed by atoms with Crippen molar-refractivity contribution in [1.29, 1.82) is 0 Å². The third-order valence-electron chi connectivity index (χ3n) is 5.53. The lowest BCUT2D eigenvalue weighted by molar-refractivity contribution is 0.0949. The number of H-pyrrole nitrogens is 1. The molecule has 3 aromatic rings. The fraction of sp³-hybridized carbons (Fsp3) is 0.304. The van der Waals surface area contributed by atoms with Crippen molar-refractivity contribution in [1.82, 2.24) is 20.1 Å². The number of piperidine rings is 1. The number of pyridine rings is 1. The summed E-state index contributed by atoms with van der Waals surface area (Å²) in [5.41, 5.74) is 0.353. The molecule has 1 unspecified atom stereocenters. The summed E-state index contributed by atoms with van der Waals surface area (Å²) >= 11 is 0. The van der Waals surface area contributed by atoms with Crippen molar-refractivity contribution < 1.29 is 9.18 Å². The van der Waals surface area contributed by atoms with Crippen LogP contribution in [0.25, 0.3) is 0 Å². The minimum absolute atomic E-state index is 0.00215. The van der Waals surface area contributed by atoms with Gasteiger partial charge in [0.2, 0.25) is 5.56 Å². The standard InChI is InChI=1S/C23H24FN5O3/c24-18-5-3-4-16(12-18)15-29-22(31)8-7-20(27-29)28-11-2-1-6-19(28)14-26-23(32)17-9-10-25-21(30)13-17/h3-5,7-10,12-13,19H,1-2,6,11,14-15H2,(H,25,30)(H,26,32). The summed E-state index contributed by atoms with van der Waals surface area (Å²) in [5.74, 6) is -0.0410. The fourth-order valence-corrected chi connectivity index (χ4v) is 3.93. The maximum absolute atomic E-state index is 13.5. The monoisotopic (exact) mass is 437 g/mol. The van der Waals surface area contributed by atoms with Gasteiger partial charge in [-0.05, 0) is 49.1 Å². The van der Waals surface area contributed by atoms with Gasteiger partial charge >= 0.3 is 0 Å². The van der Waals surface area contributed by atoms with Gasteiger partial charge in [-0.3, -0.25) is 14.4 Å². The van der Waals surface area contributed by atoms with E-state index in [1.807, 2.05) is 0 Å². The number of aromatic nitrogens is 3. The second-order valence-corrected chi connectivity index (χ2v) is 7.81. The van der Waals surface area contributed by atoms with E-state index in [1.54, 1.807) is 24.3 Å². The summed E-state index contributed by atoms with van der Waals surface area (Å²) < 4.78 is 14.8. The van der Waals surface area contributed by atoms with E-state index in [9.17, 15) is 18.8 Å². The largest absolute Gasteiger partial charge is 0.350 e. The molecule has 1 amide bonds. The normalized spacial score (nSPS) is 16.0. The smallest absolute Gasteiger partial charge is 0.267 e. The maximum atomic E-state index is 13.5. The first kappa shape index (κ1) is 21.5. The zero-order chi connectivity index (χ0) is 22.5. The van der Waals surface area contributed by atoms with E-state index in [0.717, 1.165) is 25.8 Å². The number of nitrogens with one attached hydrogen (secondary N) is 2. The number of carbonyl (C=O) groups is 1. The molecule has 0 bridgehead atoms. The Labute approximate surface area is 183 Å². The molecule has 1 aliphatic rings. The SMILES string of the molecule is O=C(NCC1CCCCN1c1ccc(=O)n(Cc2cccc(F)c2)n1)c1cc[nH]c(=O)c1. The number of carbonyl (C=O) groups excluding carboxylic acids is 1. The van der Waals surface area contributed by atoms with Crippen molar-refractivity contribution in [3.8, 4) is 0 Å². The van der Waals surface area contributed by atoms with Crippen LogP contribution in [-0.4, -0.2) is 39.8 Å². The Hall–Kier alpha value is -3.75. The molecule has 1 fully saturated rings. The molecule has 0 saturated carbocycles. The van der Waals surface area contributed by atoms with Crippen molar-refractivity contribution in [2.24, 2.45) is 0 Å². The molecular weight excluding hydrogens is 413 g/mol. The lowest BCUT2D eigenvalue weighted by Crippen LogP contribution is -2.47. The van der Waals surface area contributed by atoms with E-state index >= 15 is 0 Å². The first-order valence-corrected chi connectivity index (χ1v) is 10.6. The summed E-state index contributed by atoms with van der Waals surface area (Å²) in [5, 5.41) is 7.41. The molecule has 2 N–H and O–H groups in total. The van der Waals surface area contributed by atoms with Crippen LogP contribution in [0.1, 0.15) is 35.2 Å². The maximum Gasteiger partial charge on any atom is 0.267 e. The number of hydrogen-bond donors (Lipinski definition) is 2. The van der Waals surface area contributed by atoms with Crippen molar-refractivity contribution in [3.05, 3.63) is 92.4 Å². The van der Waals surface area contributed by atoms with Crippen molar-refractivity contribution in [3.63, 3.8) is 0 Å². The van der Waals surface area contributed by atoms with Crippen LogP contribution in [0.5, 0.6) is 0 Å². The topological polar surface area (TPSA) is 100 Å². The summed E-state index contributed by atoms with van der Waals surface area (Å²) in [7, 11) is 0. The zero-order valence-electron chi connectivity index (χ0n) is 17.5. The molecular formula is C23H24FN5O3. The highest BCUT2D eigenvalue weighted by atomic mass is 19.1. The minimum atomic E-state index is -0.362. The average Bonchev–Trinajstić information content (AvgIpc) is 2.79. The van der Waals surface area contributed by atoms with E-state index in [-0.39, 0.29) is 35.4 Å². The Balaban J connectivity index is 1.50. The molecule has 1 saturated heterocycles. The highest BCUT2D eigenvalue weighted by Gasteiger charge is 2.25. The predicted molar refractivity (Wildman–Crippen MR) is 118 cm³/mol. The molecule has 9 heteroatoms. The Morgan fingerprint density at radius 2 is 2.03 bits per heavy atom. The number of nitrogens with zero attached hydrogens (tertiary/aromatic N) is 3. The van der Waals surface area contributed by atoms with Gasteiger partial charge in [0.1, 0.15) is 11.6 Å². The first-order valence-electron chi connectivity index (χ1n) is 10.6. The number of hydrogen-bond acceptors (Lipinski definition) is 5. The van der Waals surface area contributed by atoms with Crippen molar-refractivity contribution in [2.75, 3.05) is 18.0 Å². The molecule has 0 spiro atoms. The zero-order valence-corrected chi connectivity index (χ0v) is 17.5. The number of halogens is 1. The van der Waals surface area contributed by atoms with E-state index in [1.165, 1.54) is 35.1 Å². The van der Waals surface area contributed by atoms with Crippen LogP contribution in [-0.2, 0) is 6.54 Å². The number of anilines is 1. The summed E-state index contributed by atoms with van der Waals surface area (Å²) in [4.78, 5) is 40.8. The third kappa shape index (κ3) is 5.11. The van der Waals surface area contributed by atoms with Gasteiger partial charge in [0, 0.05) is 43.0 Å². The van der Waals surface area contributed by atoms with Gasteiger partial charge in [0.25, 0.3) is 11.5 Å². The van der Waals surface area contributed by atoms with Gasteiger partial charge in [-0.1, -0.05) is 12.1 Å². The molecule has 32 heavy (non-hydrogen) atoms. The summed E-state index contributed by atoms with van der Waals surface area (Å²) in [6.45, 7) is 1.30. The van der Waals surface area contributed by atoms with Gasteiger partial charge in [-0.2, -0.15) is 5.10 Å². The third-order valence-corrected chi connectivity index (χ3v) is 5.53. The highest BCUT2D eigenvalue weighted by Crippen LogP contribution is 2.22. The first-order chi connectivity index (χ1) is 15.5. The molecule has 0 radical (unpaired) electrons. The Morgan fingerprint density at radius 1 is 1.16 bits per heavy atom. The Morgan fingerprint density at radius 3 is 2.84 bits per heavy atom. The van der Waals surface area contributed by atoms with E-state index in [0.29, 0.717) is 23.5 Å². The highest BCUT2D eigenvalue weighted by molar-refractivity contribution is 5.94. The summed E-state index contributed by atoms with van der Waals surface area (Å²) in [6.07, 6.45) is 4.30. The molecule has 2 aromatic heterocycles. The van der Waals surface area contributed by atoms with Gasteiger partial charge in [0.15, 0.2) is 0 Å². The molecule has 1 aromatic carbocycles. The van der Waals surface area contributed by atoms with E-state index in [2.05, 4.69) is 20.3 Å². The van der Waals surface area contributed by atoms with Crippen LogP contribution in [0.2, 0.25) is 0 Å².